The lowest BCUT2D eigenvalue weighted by atomic mass is 9.86. The van der Waals surface area contributed by atoms with Gasteiger partial charge in [-0.3, -0.25) is 0 Å². The fourth-order valence-corrected chi connectivity index (χ4v) is 2.31. The average molecular weight is 298 g/mol. The summed E-state index contributed by atoms with van der Waals surface area (Å²) in [5.41, 5.74) is 2.58. The molecule has 0 aliphatic carbocycles. The van der Waals surface area contributed by atoms with Gasteiger partial charge in [-0.15, -0.1) is 0 Å². The molecule has 0 spiro atoms. The summed E-state index contributed by atoms with van der Waals surface area (Å²) in [5.74, 6) is 1.92. The minimum absolute atomic E-state index is 0.0925. The van der Waals surface area contributed by atoms with Crippen LogP contribution in [-0.4, -0.2) is 18.1 Å². The van der Waals surface area contributed by atoms with Gasteiger partial charge in [0.05, 0.1) is 6.61 Å². The monoisotopic (exact) mass is 298 g/mol. The number of nitrogens with one attached hydrogen (secondary N) is 1. The zero-order valence-corrected chi connectivity index (χ0v) is 14.0. The second-order valence-corrected chi connectivity index (χ2v) is 6.59. The Morgan fingerprint density at radius 2 is 1.95 bits per heavy atom. The van der Waals surface area contributed by atoms with Gasteiger partial charge in [-0.1, -0.05) is 39.0 Å². The van der Waals surface area contributed by atoms with E-state index < -0.39 is 0 Å². The average Bonchev–Trinajstić information content (AvgIpc) is 2.47. The van der Waals surface area contributed by atoms with E-state index >= 15 is 0 Å². The molecule has 1 N–H and O–H groups in total. The van der Waals surface area contributed by atoms with Crippen molar-refractivity contribution in [2.45, 2.75) is 39.5 Å². The fraction of sp³-hybridized carbons (Fsp3) is 0.421. The highest BCUT2D eigenvalue weighted by molar-refractivity contribution is 5.41. The highest BCUT2D eigenvalue weighted by atomic mass is 16.5. The number of aromatic nitrogens is 1. The molecule has 118 valence electrons. The largest absolute Gasteiger partial charge is 0.493 e. The van der Waals surface area contributed by atoms with Crippen molar-refractivity contribution in [3.05, 3.63) is 53.7 Å². The zero-order valence-electron chi connectivity index (χ0n) is 14.0. The maximum atomic E-state index is 6.02. The van der Waals surface area contributed by atoms with Crippen LogP contribution in [0, 0.1) is 6.92 Å². The van der Waals surface area contributed by atoms with Crippen molar-refractivity contribution in [1.29, 1.82) is 0 Å². The van der Waals surface area contributed by atoms with Crippen molar-refractivity contribution in [3.63, 3.8) is 0 Å². The van der Waals surface area contributed by atoms with Gasteiger partial charge in [0.15, 0.2) is 0 Å². The molecular weight excluding hydrogens is 272 g/mol. The Morgan fingerprint density at radius 3 is 2.64 bits per heavy atom. The first-order valence-electron chi connectivity index (χ1n) is 7.85. The Kier molecular flexibility index (Phi) is 5.42. The lowest BCUT2D eigenvalue weighted by Gasteiger charge is -2.23. The van der Waals surface area contributed by atoms with Gasteiger partial charge in [0.25, 0.3) is 0 Å². The molecule has 0 amide bonds. The first-order valence-corrected chi connectivity index (χ1v) is 7.85. The molecule has 0 saturated carbocycles. The van der Waals surface area contributed by atoms with Gasteiger partial charge >= 0.3 is 0 Å². The SMILES string of the molecule is Cc1ccc(C(C)(C)C)c(OCCCNc2ccccn2)c1. The molecule has 2 rings (SSSR count). The summed E-state index contributed by atoms with van der Waals surface area (Å²) in [6, 6.07) is 12.3. The molecule has 0 saturated heterocycles. The van der Waals surface area contributed by atoms with Crippen LogP contribution in [0.25, 0.3) is 0 Å². The number of ether oxygens (including phenoxy) is 1. The lowest BCUT2D eigenvalue weighted by molar-refractivity contribution is 0.306. The number of benzene rings is 1. The van der Waals surface area contributed by atoms with Gasteiger partial charge < -0.3 is 10.1 Å². The molecule has 22 heavy (non-hydrogen) atoms. The molecule has 1 heterocycles. The van der Waals surface area contributed by atoms with Crippen molar-refractivity contribution >= 4 is 5.82 Å². The summed E-state index contributed by atoms with van der Waals surface area (Å²) in [5, 5.41) is 3.30. The minimum atomic E-state index is 0.0925. The fourth-order valence-electron chi connectivity index (χ4n) is 2.31. The van der Waals surface area contributed by atoms with Gasteiger partial charge in [-0.05, 0) is 48.1 Å². The van der Waals surface area contributed by atoms with Crippen LogP contribution >= 0.6 is 0 Å². The van der Waals surface area contributed by atoms with E-state index in [1.807, 2.05) is 18.2 Å². The van der Waals surface area contributed by atoms with Crippen LogP contribution < -0.4 is 10.1 Å². The van der Waals surface area contributed by atoms with Crippen LogP contribution in [-0.2, 0) is 5.41 Å². The Morgan fingerprint density at radius 1 is 1.14 bits per heavy atom. The van der Waals surface area contributed by atoms with Crippen LogP contribution in [0.4, 0.5) is 5.82 Å². The normalized spacial score (nSPS) is 11.3. The van der Waals surface area contributed by atoms with Crippen LogP contribution in [0.2, 0.25) is 0 Å². The molecule has 1 aromatic heterocycles. The number of aryl methyl sites for hydroxylation is 1. The molecule has 2 aromatic rings. The molecule has 0 radical (unpaired) electrons. The lowest BCUT2D eigenvalue weighted by Crippen LogP contribution is -2.15. The summed E-state index contributed by atoms with van der Waals surface area (Å²) in [6.45, 7) is 10.3. The summed E-state index contributed by atoms with van der Waals surface area (Å²) in [6.07, 6.45) is 2.73. The first-order chi connectivity index (χ1) is 10.5. The summed E-state index contributed by atoms with van der Waals surface area (Å²) in [7, 11) is 0. The molecule has 0 atom stereocenters. The molecule has 0 fully saturated rings. The molecule has 0 unspecified atom stereocenters. The molecule has 1 aromatic carbocycles. The van der Waals surface area contributed by atoms with Crippen LogP contribution in [0.1, 0.15) is 38.3 Å². The van der Waals surface area contributed by atoms with Gasteiger partial charge in [-0.2, -0.15) is 0 Å². The molecule has 3 heteroatoms. The van der Waals surface area contributed by atoms with Crippen molar-refractivity contribution in [3.8, 4) is 5.75 Å². The van der Waals surface area contributed by atoms with E-state index in [1.54, 1.807) is 6.20 Å². The van der Waals surface area contributed by atoms with E-state index in [0.717, 1.165) is 24.5 Å². The number of nitrogens with zero attached hydrogens (tertiary/aromatic N) is 1. The highest BCUT2D eigenvalue weighted by Gasteiger charge is 2.18. The summed E-state index contributed by atoms with van der Waals surface area (Å²) in [4.78, 5) is 4.24. The number of rotatable bonds is 6. The number of hydrogen-bond donors (Lipinski definition) is 1. The Labute approximate surface area is 133 Å². The predicted octanol–water partition coefficient (Wildman–Crippen LogP) is 4.57. The van der Waals surface area contributed by atoms with Crippen molar-refractivity contribution < 1.29 is 4.74 Å². The maximum Gasteiger partial charge on any atom is 0.125 e. The third kappa shape index (κ3) is 4.76. The van der Waals surface area contributed by atoms with Gasteiger partial charge in [0.2, 0.25) is 0 Å². The summed E-state index contributed by atoms with van der Waals surface area (Å²) < 4.78 is 6.02. The number of pyridine rings is 1. The Balaban J connectivity index is 1.85. The van der Waals surface area contributed by atoms with Gasteiger partial charge in [-0.25, -0.2) is 4.98 Å². The smallest absolute Gasteiger partial charge is 0.125 e. The van der Waals surface area contributed by atoms with Crippen molar-refractivity contribution in [2.24, 2.45) is 0 Å². The first kappa shape index (κ1) is 16.3. The van der Waals surface area contributed by atoms with E-state index in [0.29, 0.717) is 6.61 Å². The topological polar surface area (TPSA) is 34.1 Å². The summed E-state index contributed by atoms with van der Waals surface area (Å²) >= 11 is 0. The quantitative estimate of drug-likeness (QED) is 0.793. The highest BCUT2D eigenvalue weighted by Crippen LogP contribution is 2.32. The maximum absolute atomic E-state index is 6.02. The second kappa shape index (κ2) is 7.30. The standard InChI is InChI=1S/C19H26N2O/c1-15-9-10-16(19(2,3)4)17(14-15)22-13-7-12-21-18-8-5-6-11-20-18/h5-6,8-11,14H,7,12-13H2,1-4H3,(H,20,21). The Bertz CT molecular complexity index is 588. The van der Waals surface area contributed by atoms with E-state index in [4.69, 9.17) is 4.74 Å². The molecule has 0 bridgehead atoms. The third-order valence-corrected chi connectivity index (χ3v) is 3.49. The second-order valence-electron chi connectivity index (χ2n) is 6.59. The van der Waals surface area contributed by atoms with E-state index in [-0.39, 0.29) is 5.41 Å². The molecular formula is C19H26N2O. The van der Waals surface area contributed by atoms with Crippen LogP contribution in [0.3, 0.4) is 0 Å². The van der Waals surface area contributed by atoms with E-state index in [2.05, 4.69) is 56.2 Å². The van der Waals surface area contributed by atoms with Crippen molar-refractivity contribution in [1.82, 2.24) is 4.98 Å². The molecule has 0 aliphatic rings. The Hall–Kier alpha value is -2.03. The van der Waals surface area contributed by atoms with E-state index in [1.165, 1.54) is 11.1 Å². The zero-order chi connectivity index (χ0) is 16.0. The van der Waals surface area contributed by atoms with E-state index in [9.17, 15) is 0 Å². The minimum Gasteiger partial charge on any atom is -0.493 e. The molecule has 3 nitrogen and oxygen atoms in total. The third-order valence-electron chi connectivity index (χ3n) is 3.49. The number of anilines is 1. The number of hydrogen-bond acceptors (Lipinski definition) is 3. The van der Waals surface area contributed by atoms with Gasteiger partial charge in [0.1, 0.15) is 11.6 Å². The predicted molar refractivity (Wildman–Crippen MR) is 92.7 cm³/mol. The van der Waals surface area contributed by atoms with Crippen molar-refractivity contribution in [2.75, 3.05) is 18.5 Å². The van der Waals surface area contributed by atoms with Crippen LogP contribution in [0.5, 0.6) is 5.75 Å². The van der Waals surface area contributed by atoms with Gasteiger partial charge in [0, 0.05) is 12.7 Å². The van der Waals surface area contributed by atoms with Crippen LogP contribution in [0.15, 0.2) is 42.6 Å². The molecule has 0 aliphatic heterocycles.